The van der Waals surface area contributed by atoms with Gasteiger partial charge in [0.25, 0.3) is 10.0 Å². The Hall–Kier alpha value is -1.65. The number of nitrogens with zero attached hydrogens (tertiary/aromatic N) is 2. The van der Waals surface area contributed by atoms with E-state index in [1.54, 1.807) is 11.4 Å². The molecule has 10 heteroatoms. The van der Waals surface area contributed by atoms with E-state index in [1.165, 1.54) is 11.0 Å². The Kier molecular flexibility index (Phi) is 6.79. The highest BCUT2D eigenvalue weighted by molar-refractivity contribution is 7.91. The zero-order valence-electron chi connectivity index (χ0n) is 14.1. The SMILES string of the molecule is CCCCCNC(=O)N1CCN(S(=O)(=O)c2cccs2)C(C(=O)O)C1. The molecular weight excluding hydrogens is 366 g/mol. The number of rotatable bonds is 7. The molecule has 0 saturated carbocycles. The van der Waals surface area contributed by atoms with Gasteiger partial charge in [-0.15, -0.1) is 11.3 Å². The summed E-state index contributed by atoms with van der Waals surface area (Å²) in [7, 11) is -3.87. The number of carbonyl (C=O) groups is 2. The number of carboxylic acid groups (broad SMARTS) is 1. The molecule has 2 amide bonds. The first-order chi connectivity index (χ1) is 11.9. The minimum absolute atomic E-state index is 0.0421. The second-order valence-electron chi connectivity index (χ2n) is 5.79. The average molecular weight is 389 g/mol. The molecule has 1 fully saturated rings. The van der Waals surface area contributed by atoms with E-state index in [0.29, 0.717) is 6.54 Å². The zero-order chi connectivity index (χ0) is 18.4. The number of urea groups is 1. The van der Waals surface area contributed by atoms with Crippen molar-refractivity contribution in [3.63, 3.8) is 0 Å². The monoisotopic (exact) mass is 389 g/mol. The highest BCUT2D eigenvalue weighted by Crippen LogP contribution is 2.25. The number of aliphatic carboxylic acids is 1. The number of hydrogen-bond donors (Lipinski definition) is 2. The lowest BCUT2D eigenvalue weighted by Gasteiger charge is -2.38. The van der Waals surface area contributed by atoms with Gasteiger partial charge in [-0.3, -0.25) is 4.79 Å². The van der Waals surface area contributed by atoms with Crippen LogP contribution in [0.3, 0.4) is 0 Å². The van der Waals surface area contributed by atoms with Crippen LogP contribution >= 0.6 is 11.3 Å². The Morgan fingerprint density at radius 1 is 1.36 bits per heavy atom. The van der Waals surface area contributed by atoms with E-state index >= 15 is 0 Å². The van der Waals surface area contributed by atoms with E-state index in [2.05, 4.69) is 12.2 Å². The van der Waals surface area contributed by atoms with Crippen LogP contribution in [0.2, 0.25) is 0 Å². The van der Waals surface area contributed by atoms with Crippen molar-refractivity contribution in [2.24, 2.45) is 0 Å². The number of sulfonamides is 1. The minimum Gasteiger partial charge on any atom is -0.480 e. The molecule has 140 valence electrons. The third-order valence-electron chi connectivity index (χ3n) is 4.02. The maximum absolute atomic E-state index is 12.6. The van der Waals surface area contributed by atoms with E-state index in [-0.39, 0.29) is 29.9 Å². The normalized spacial score (nSPS) is 18.9. The summed E-state index contributed by atoms with van der Waals surface area (Å²) in [4.78, 5) is 25.1. The second kappa shape index (κ2) is 8.63. The van der Waals surface area contributed by atoms with Crippen LogP contribution in [0.1, 0.15) is 26.2 Å². The number of amides is 2. The number of unbranched alkanes of at least 4 members (excludes halogenated alkanes) is 2. The lowest BCUT2D eigenvalue weighted by Crippen LogP contribution is -2.60. The Morgan fingerprint density at radius 3 is 2.72 bits per heavy atom. The summed E-state index contributed by atoms with van der Waals surface area (Å²) >= 11 is 1.04. The fourth-order valence-electron chi connectivity index (χ4n) is 2.65. The molecular formula is C15H23N3O5S2. The summed E-state index contributed by atoms with van der Waals surface area (Å²) in [5.41, 5.74) is 0. The quantitative estimate of drug-likeness (QED) is 0.686. The molecule has 1 aromatic rings. The van der Waals surface area contributed by atoms with Gasteiger partial charge >= 0.3 is 12.0 Å². The predicted octanol–water partition coefficient (Wildman–Crippen LogP) is 1.41. The summed E-state index contributed by atoms with van der Waals surface area (Å²) in [5.74, 6) is -1.26. The largest absolute Gasteiger partial charge is 0.480 e. The molecule has 0 bridgehead atoms. The fourth-order valence-corrected chi connectivity index (χ4v) is 5.33. The summed E-state index contributed by atoms with van der Waals surface area (Å²) in [6.07, 6.45) is 2.90. The summed E-state index contributed by atoms with van der Waals surface area (Å²) in [6.45, 7) is 2.54. The van der Waals surface area contributed by atoms with Gasteiger partial charge in [0, 0.05) is 26.2 Å². The van der Waals surface area contributed by atoms with Crippen LogP contribution in [-0.4, -0.2) is 67.0 Å². The maximum atomic E-state index is 12.6. The van der Waals surface area contributed by atoms with Crippen LogP contribution in [0.15, 0.2) is 21.7 Å². The van der Waals surface area contributed by atoms with E-state index in [1.807, 2.05) is 0 Å². The van der Waals surface area contributed by atoms with Crippen LogP contribution in [0.25, 0.3) is 0 Å². The smallest absolute Gasteiger partial charge is 0.323 e. The van der Waals surface area contributed by atoms with Gasteiger partial charge in [0.15, 0.2) is 0 Å². The number of hydrogen-bond acceptors (Lipinski definition) is 5. The van der Waals surface area contributed by atoms with Crippen LogP contribution in [0.4, 0.5) is 4.79 Å². The molecule has 1 unspecified atom stereocenters. The standard InChI is InChI=1S/C15H23N3O5S2/c1-2-3-4-7-16-15(21)17-8-9-18(12(11-17)14(19)20)25(22,23)13-6-5-10-24-13/h5-6,10,12H,2-4,7-9,11H2,1H3,(H,16,21)(H,19,20). The molecule has 1 aliphatic heterocycles. The summed E-state index contributed by atoms with van der Waals surface area (Å²) < 4.78 is 26.4. The molecule has 0 radical (unpaired) electrons. The molecule has 2 heterocycles. The Labute approximate surface area is 151 Å². The Balaban J connectivity index is 2.05. The molecule has 1 aliphatic rings. The molecule has 1 saturated heterocycles. The number of nitrogens with one attached hydrogen (secondary N) is 1. The number of carboxylic acids is 1. The molecule has 0 spiro atoms. The number of thiophene rings is 1. The van der Waals surface area contributed by atoms with Gasteiger partial charge in [-0.25, -0.2) is 13.2 Å². The molecule has 2 N–H and O–H groups in total. The van der Waals surface area contributed by atoms with Crippen molar-refractivity contribution < 1.29 is 23.1 Å². The lowest BCUT2D eigenvalue weighted by atomic mass is 10.2. The number of carbonyl (C=O) groups excluding carboxylic acids is 1. The van der Waals surface area contributed by atoms with Crippen LogP contribution in [0, 0.1) is 0 Å². The lowest BCUT2D eigenvalue weighted by molar-refractivity contribution is -0.142. The van der Waals surface area contributed by atoms with Crippen molar-refractivity contribution in [1.82, 2.24) is 14.5 Å². The van der Waals surface area contributed by atoms with E-state index in [4.69, 9.17) is 0 Å². The van der Waals surface area contributed by atoms with Gasteiger partial charge in [-0.1, -0.05) is 25.8 Å². The van der Waals surface area contributed by atoms with Gasteiger partial charge in [-0.2, -0.15) is 4.31 Å². The highest BCUT2D eigenvalue weighted by atomic mass is 32.2. The summed E-state index contributed by atoms with van der Waals surface area (Å²) in [5, 5.41) is 13.8. The van der Waals surface area contributed by atoms with Gasteiger partial charge in [0.1, 0.15) is 10.3 Å². The van der Waals surface area contributed by atoms with Crippen molar-refractivity contribution in [3.05, 3.63) is 17.5 Å². The van der Waals surface area contributed by atoms with Gasteiger partial charge < -0.3 is 15.3 Å². The van der Waals surface area contributed by atoms with E-state index in [9.17, 15) is 23.1 Å². The van der Waals surface area contributed by atoms with Crippen molar-refractivity contribution in [2.75, 3.05) is 26.2 Å². The number of piperazine rings is 1. The first-order valence-corrected chi connectivity index (χ1v) is 10.5. The first kappa shape index (κ1) is 19.7. The third-order valence-corrected chi connectivity index (χ3v) is 7.30. The van der Waals surface area contributed by atoms with Gasteiger partial charge in [0.2, 0.25) is 0 Å². The van der Waals surface area contributed by atoms with Crippen LogP contribution in [-0.2, 0) is 14.8 Å². The van der Waals surface area contributed by atoms with Crippen molar-refractivity contribution in [1.29, 1.82) is 0 Å². The molecule has 1 atom stereocenters. The summed E-state index contributed by atoms with van der Waals surface area (Å²) in [6, 6.07) is 1.41. The Morgan fingerprint density at radius 2 is 2.12 bits per heavy atom. The van der Waals surface area contributed by atoms with Gasteiger partial charge in [0.05, 0.1) is 0 Å². The molecule has 25 heavy (non-hydrogen) atoms. The highest BCUT2D eigenvalue weighted by Gasteiger charge is 2.41. The van der Waals surface area contributed by atoms with Crippen molar-refractivity contribution in [2.45, 2.75) is 36.4 Å². The maximum Gasteiger partial charge on any atom is 0.323 e. The fraction of sp³-hybridized carbons (Fsp3) is 0.600. The Bertz CT molecular complexity index is 690. The van der Waals surface area contributed by atoms with Crippen LogP contribution in [0.5, 0.6) is 0 Å². The van der Waals surface area contributed by atoms with Crippen LogP contribution < -0.4 is 5.32 Å². The van der Waals surface area contributed by atoms with E-state index in [0.717, 1.165) is 34.9 Å². The van der Waals surface area contributed by atoms with Crippen molar-refractivity contribution >= 4 is 33.4 Å². The minimum atomic E-state index is -3.87. The average Bonchev–Trinajstić information content (AvgIpc) is 3.13. The topological polar surface area (TPSA) is 107 Å². The second-order valence-corrected chi connectivity index (χ2v) is 8.85. The first-order valence-electron chi connectivity index (χ1n) is 8.19. The molecule has 8 nitrogen and oxygen atoms in total. The molecule has 0 aromatic carbocycles. The van der Waals surface area contributed by atoms with Crippen molar-refractivity contribution in [3.8, 4) is 0 Å². The third kappa shape index (κ3) is 4.71. The molecule has 1 aromatic heterocycles. The predicted molar refractivity (Wildman–Crippen MR) is 94.1 cm³/mol. The molecule has 2 rings (SSSR count). The van der Waals surface area contributed by atoms with Gasteiger partial charge in [-0.05, 0) is 17.9 Å². The van der Waals surface area contributed by atoms with E-state index < -0.39 is 22.0 Å². The zero-order valence-corrected chi connectivity index (χ0v) is 15.7. The molecule has 0 aliphatic carbocycles.